The summed E-state index contributed by atoms with van der Waals surface area (Å²) in [4.78, 5) is 14.9. The van der Waals surface area contributed by atoms with Crippen LogP contribution in [-0.4, -0.2) is 22.6 Å². The number of nitrogens with one attached hydrogen (secondary N) is 1. The van der Waals surface area contributed by atoms with Gasteiger partial charge in [-0.1, -0.05) is 43.7 Å². The molecule has 0 bridgehead atoms. The van der Waals surface area contributed by atoms with Gasteiger partial charge >= 0.3 is 5.97 Å². The van der Waals surface area contributed by atoms with E-state index in [2.05, 4.69) is 10.3 Å². The number of anilines is 1. The highest BCUT2D eigenvalue weighted by Crippen LogP contribution is 2.26. The Balaban J connectivity index is 1.85. The second-order valence-corrected chi connectivity index (χ2v) is 5.46. The van der Waals surface area contributed by atoms with Crippen LogP contribution < -0.4 is 5.32 Å². The molecule has 2 N–H and O–H groups in total. The lowest BCUT2D eigenvalue weighted by molar-refractivity contribution is 0.0691. The second kappa shape index (κ2) is 6.75. The third-order valence-electron chi connectivity index (χ3n) is 3.63. The van der Waals surface area contributed by atoms with Gasteiger partial charge in [0.05, 0.1) is 5.02 Å². The van der Waals surface area contributed by atoms with Gasteiger partial charge in [0.15, 0.2) is 5.69 Å². The molecule has 1 aliphatic carbocycles. The number of aromatic carboxylic acids is 1. The van der Waals surface area contributed by atoms with Crippen molar-refractivity contribution in [2.24, 2.45) is 5.92 Å². The molecule has 0 spiro atoms. The maximum atomic E-state index is 10.9. The van der Waals surface area contributed by atoms with Crippen molar-refractivity contribution < 1.29 is 9.90 Å². The predicted octanol–water partition coefficient (Wildman–Crippen LogP) is 3.82. The lowest BCUT2D eigenvalue weighted by Crippen LogP contribution is -2.13. The van der Waals surface area contributed by atoms with Gasteiger partial charge in [-0.25, -0.2) is 9.78 Å². The molecule has 0 aromatic carbocycles. The van der Waals surface area contributed by atoms with Crippen LogP contribution in [0.3, 0.4) is 0 Å². The van der Waals surface area contributed by atoms with Crippen LogP contribution in [0.2, 0.25) is 5.02 Å². The van der Waals surface area contributed by atoms with Gasteiger partial charge in [-0.2, -0.15) is 0 Å². The molecular formula is C14H19ClN2O2. The minimum absolute atomic E-state index is 0.0932. The van der Waals surface area contributed by atoms with Crippen molar-refractivity contribution in [3.8, 4) is 0 Å². The fourth-order valence-electron chi connectivity index (χ4n) is 2.57. The molecular weight excluding hydrogens is 264 g/mol. The molecule has 0 saturated heterocycles. The van der Waals surface area contributed by atoms with Crippen LogP contribution in [-0.2, 0) is 0 Å². The third-order valence-corrected chi connectivity index (χ3v) is 3.94. The van der Waals surface area contributed by atoms with E-state index in [-0.39, 0.29) is 10.7 Å². The summed E-state index contributed by atoms with van der Waals surface area (Å²) in [7, 11) is 0. The summed E-state index contributed by atoms with van der Waals surface area (Å²) < 4.78 is 0. The molecule has 19 heavy (non-hydrogen) atoms. The summed E-state index contributed by atoms with van der Waals surface area (Å²) in [6.45, 7) is 0.832. The molecule has 0 amide bonds. The van der Waals surface area contributed by atoms with E-state index < -0.39 is 5.97 Å². The van der Waals surface area contributed by atoms with E-state index >= 15 is 0 Å². The zero-order chi connectivity index (χ0) is 13.7. The number of nitrogens with zero attached hydrogens (tertiary/aromatic N) is 1. The predicted molar refractivity (Wildman–Crippen MR) is 75.9 cm³/mol. The van der Waals surface area contributed by atoms with Crippen LogP contribution in [0.5, 0.6) is 0 Å². The van der Waals surface area contributed by atoms with Crippen molar-refractivity contribution in [3.63, 3.8) is 0 Å². The molecule has 5 heteroatoms. The first-order valence-corrected chi connectivity index (χ1v) is 7.18. The number of carboxylic acid groups (broad SMARTS) is 1. The quantitative estimate of drug-likeness (QED) is 0.862. The molecule has 2 rings (SSSR count). The van der Waals surface area contributed by atoms with Crippen molar-refractivity contribution in [1.82, 2.24) is 4.98 Å². The lowest BCUT2D eigenvalue weighted by Gasteiger charge is -2.21. The van der Waals surface area contributed by atoms with Gasteiger partial charge in [0, 0.05) is 6.54 Å². The minimum atomic E-state index is -1.10. The first kappa shape index (κ1) is 14.1. The number of pyridine rings is 1. The summed E-state index contributed by atoms with van der Waals surface area (Å²) >= 11 is 5.78. The van der Waals surface area contributed by atoms with Crippen LogP contribution in [0, 0.1) is 5.92 Å². The molecule has 1 aliphatic rings. The van der Waals surface area contributed by atoms with Crippen LogP contribution in [0.15, 0.2) is 12.1 Å². The van der Waals surface area contributed by atoms with Crippen molar-refractivity contribution in [2.45, 2.75) is 38.5 Å². The Morgan fingerprint density at radius 2 is 2.11 bits per heavy atom. The Bertz CT molecular complexity index is 445. The van der Waals surface area contributed by atoms with E-state index in [1.54, 1.807) is 12.1 Å². The van der Waals surface area contributed by atoms with E-state index in [4.69, 9.17) is 16.7 Å². The van der Waals surface area contributed by atoms with Crippen molar-refractivity contribution in [1.29, 1.82) is 0 Å². The topological polar surface area (TPSA) is 62.2 Å². The van der Waals surface area contributed by atoms with Crippen LogP contribution >= 0.6 is 11.6 Å². The van der Waals surface area contributed by atoms with E-state index in [0.717, 1.165) is 18.9 Å². The zero-order valence-corrected chi connectivity index (χ0v) is 11.6. The van der Waals surface area contributed by atoms with Gasteiger partial charge in [0.2, 0.25) is 0 Å². The number of carboxylic acids is 1. The smallest absolute Gasteiger partial charge is 0.356 e. The molecule has 1 fully saturated rings. The van der Waals surface area contributed by atoms with Gasteiger partial charge < -0.3 is 10.4 Å². The zero-order valence-electron chi connectivity index (χ0n) is 10.9. The molecule has 1 saturated carbocycles. The summed E-state index contributed by atoms with van der Waals surface area (Å²) in [6.07, 6.45) is 7.80. The standard InChI is InChI=1S/C14H19ClN2O2/c15-11-6-7-12(17-13(11)14(18)19)16-9-8-10-4-2-1-3-5-10/h6-7,10H,1-5,8-9H2,(H,16,17)(H,18,19). The van der Waals surface area contributed by atoms with Crippen molar-refractivity contribution in [2.75, 3.05) is 11.9 Å². The molecule has 104 valence electrons. The van der Waals surface area contributed by atoms with Gasteiger partial charge in [-0.05, 0) is 24.5 Å². The summed E-state index contributed by atoms with van der Waals surface area (Å²) in [6, 6.07) is 3.29. The Hall–Kier alpha value is -1.29. The molecule has 1 aromatic heterocycles. The largest absolute Gasteiger partial charge is 0.476 e. The number of aromatic nitrogens is 1. The average Bonchev–Trinajstić information content (AvgIpc) is 2.41. The summed E-state index contributed by atoms with van der Waals surface area (Å²) in [5, 5.41) is 12.3. The van der Waals surface area contributed by atoms with E-state index in [1.165, 1.54) is 32.1 Å². The Labute approximate surface area is 118 Å². The number of carbonyl (C=O) groups is 1. The number of rotatable bonds is 5. The summed E-state index contributed by atoms with van der Waals surface area (Å²) in [5.74, 6) is 0.283. The molecule has 1 heterocycles. The second-order valence-electron chi connectivity index (χ2n) is 5.05. The molecule has 0 unspecified atom stereocenters. The highest BCUT2D eigenvalue weighted by molar-refractivity contribution is 6.33. The van der Waals surface area contributed by atoms with Crippen molar-refractivity contribution in [3.05, 3.63) is 22.8 Å². The van der Waals surface area contributed by atoms with Gasteiger partial charge in [-0.15, -0.1) is 0 Å². The van der Waals surface area contributed by atoms with Crippen LogP contribution in [0.25, 0.3) is 0 Å². The van der Waals surface area contributed by atoms with E-state index in [9.17, 15) is 4.79 Å². The number of hydrogen-bond acceptors (Lipinski definition) is 3. The fraction of sp³-hybridized carbons (Fsp3) is 0.571. The Morgan fingerprint density at radius 3 is 2.79 bits per heavy atom. The van der Waals surface area contributed by atoms with Crippen LogP contribution in [0.1, 0.15) is 49.0 Å². The maximum absolute atomic E-state index is 10.9. The molecule has 1 aromatic rings. The monoisotopic (exact) mass is 282 g/mol. The molecule has 0 atom stereocenters. The van der Waals surface area contributed by atoms with Crippen molar-refractivity contribution >= 4 is 23.4 Å². The Morgan fingerprint density at radius 1 is 1.37 bits per heavy atom. The van der Waals surface area contributed by atoms with Gasteiger partial charge in [0.25, 0.3) is 0 Å². The first-order chi connectivity index (χ1) is 9.16. The lowest BCUT2D eigenvalue weighted by atomic mass is 9.87. The third kappa shape index (κ3) is 4.10. The summed E-state index contributed by atoms with van der Waals surface area (Å²) in [5.41, 5.74) is -0.0932. The normalized spacial score (nSPS) is 16.3. The molecule has 0 radical (unpaired) electrons. The number of halogens is 1. The fourth-order valence-corrected chi connectivity index (χ4v) is 2.76. The SMILES string of the molecule is O=C(O)c1nc(NCCC2CCCCC2)ccc1Cl. The van der Waals surface area contributed by atoms with E-state index in [1.807, 2.05) is 0 Å². The first-order valence-electron chi connectivity index (χ1n) is 6.80. The maximum Gasteiger partial charge on any atom is 0.356 e. The minimum Gasteiger partial charge on any atom is -0.476 e. The van der Waals surface area contributed by atoms with E-state index in [0.29, 0.717) is 5.82 Å². The number of hydrogen-bond donors (Lipinski definition) is 2. The van der Waals surface area contributed by atoms with Crippen LogP contribution in [0.4, 0.5) is 5.82 Å². The highest BCUT2D eigenvalue weighted by atomic mass is 35.5. The Kier molecular flexibility index (Phi) is 5.02. The van der Waals surface area contributed by atoms with Gasteiger partial charge in [0.1, 0.15) is 5.82 Å². The van der Waals surface area contributed by atoms with Gasteiger partial charge in [-0.3, -0.25) is 0 Å². The molecule has 4 nitrogen and oxygen atoms in total. The molecule has 0 aliphatic heterocycles. The highest BCUT2D eigenvalue weighted by Gasteiger charge is 2.14. The average molecular weight is 283 g/mol.